The highest BCUT2D eigenvalue weighted by Crippen LogP contribution is 2.33. The summed E-state index contributed by atoms with van der Waals surface area (Å²) in [5.74, 6) is 1.44. The Labute approximate surface area is 157 Å². The van der Waals surface area contributed by atoms with E-state index in [-0.39, 0.29) is 24.4 Å². The summed E-state index contributed by atoms with van der Waals surface area (Å²) in [5, 5.41) is 3.45. The lowest BCUT2D eigenvalue weighted by atomic mass is 9.89. The first-order chi connectivity index (χ1) is 11.8. The van der Waals surface area contributed by atoms with E-state index in [2.05, 4.69) is 16.3 Å². The molecule has 1 unspecified atom stereocenters. The molecule has 4 nitrogen and oxygen atoms in total. The Balaban J connectivity index is 0.00000225. The van der Waals surface area contributed by atoms with E-state index < -0.39 is 0 Å². The van der Waals surface area contributed by atoms with Crippen molar-refractivity contribution in [3.63, 3.8) is 0 Å². The van der Waals surface area contributed by atoms with Crippen LogP contribution >= 0.6 is 12.4 Å². The number of hydrogen-bond donors (Lipinski definition) is 1. The van der Waals surface area contributed by atoms with Crippen LogP contribution in [-0.2, 0) is 4.79 Å². The van der Waals surface area contributed by atoms with Crippen LogP contribution in [0.4, 0.5) is 0 Å². The molecule has 2 aliphatic rings. The van der Waals surface area contributed by atoms with E-state index in [0.29, 0.717) is 5.91 Å². The Morgan fingerprint density at radius 1 is 1.12 bits per heavy atom. The average Bonchev–Trinajstić information content (AvgIpc) is 2.61. The van der Waals surface area contributed by atoms with Gasteiger partial charge in [-0.2, -0.15) is 0 Å². The van der Waals surface area contributed by atoms with E-state index in [4.69, 9.17) is 4.74 Å². The zero-order valence-electron chi connectivity index (χ0n) is 15.2. The van der Waals surface area contributed by atoms with Crippen LogP contribution < -0.4 is 10.1 Å². The summed E-state index contributed by atoms with van der Waals surface area (Å²) >= 11 is 0. The van der Waals surface area contributed by atoms with Crippen molar-refractivity contribution in [1.82, 2.24) is 10.2 Å². The Kier molecular flexibility index (Phi) is 8.04. The fourth-order valence-electron chi connectivity index (χ4n) is 4.13. The van der Waals surface area contributed by atoms with Gasteiger partial charge in [0.2, 0.25) is 5.91 Å². The maximum absolute atomic E-state index is 13.3. The first-order valence-corrected chi connectivity index (χ1v) is 9.45. The molecule has 0 bridgehead atoms. The van der Waals surface area contributed by atoms with Crippen molar-refractivity contribution < 1.29 is 9.53 Å². The SMILES string of the molecule is COc1ccccc1C1CNCCN1C(=O)C1CCCCCCC1.Cl. The smallest absolute Gasteiger partial charge is 0.226 e. The number of carbonyl (C=O) groups excluding carboxylic acids is 1. The molecule has 5 heteroatoms. The molecule has 0 aromatic heterocycles. The molecule has 1 saturated carbocycles. The van der Waals surface area contributed by atoms with E-state index in [1.165, 1.54) is 32.1 Å². The van der Waals surface area contributed by atoms with Gasteiger partial charge >= 0.3 is 0 Å². The molecule has 1 aliphatic heterocycles. The van der Waals surface area contributed by atoms with Crippen LogP contribution in [0.25, 0.3) is 0 Å². The molecule has 1 amide bonds. The van der Waals surface area contributed by atoms with E-state index in [1.807, 2.05) is 18.2 Å². The lowest BCUT2D eigenvalue weighted by Gasteiger charge is -2.39. The summed E-state index contributed by atoms with van der Waals surface area (Å²) in [6, 6.07) is 8.18. The maximum atomic E-state index is 13.3. The number of methoxy groups -OCH3 is 1. The number of amides is 1. The van der Waals surface area contributed by atoms with Gasteiger partial charge in [-0.15, -0.1) is 12.4 Å². The van der Waals surface area contributed by atoms with Crippen molar-refractivity contribution in [3.8, 4) is 5.75 Å². The first kappa shape index (κ1) is 20.1. The van der Waals surface area contributed by atoms with Crippen molar-refractivity contribution in [1.29, 1.82) is 0 Å². The van der Waals surface area contributed by atoms with E-state index in [0.717, 1.165) is 43.8 Å². The Morgan fingerprint density at radius 3 is 2.52 bits per heavy atom. The van der Waals surface area contributed by atoms with E-state index in [9.17, 15) is 4.79 Å². The highest BCUT2D eigenvalue weighted by molar-refractivity contribution is 5.85. The topological polar surface area (TPSA) is 41.6 Å². The van der Waals surface area contributed by atoms with Crippen LogP contribution in [0.5, 0.6) is 5.75 Å². The molecule has 1 N–H and O–H groups in total. The van der Waals surface area contributed by atoms with Gasteiger partial charge in [0.05, 0.1) is 13.2 Å². The highest BCUT2D eigenvalue weighted by Gasteiger charge is 2.33. The third-order valence-corrected chi connectivity index (χ3v) is 5.48. The number of benzene rings is 1. The molecule has 1 aromatic rings. The van der Waals surface area contributed by atoms with E-state index in [1.54, 1.807) is 7.11 Å². The third-order valence-electron chi connectivity index (χ3n) is 5.48. The van der Waals surface area contributed by atoms with Gasteiger partial charge in [0, 0.05) is 31.1 Å². The summed E-state index contributed by atoms with van der Waals surface area (Å²) in [6.07, 6.45) is 8.40. The average molecular weight is 367 g/mol. The summed E-state index contributed by atoms with van der Waals surface area (Å²) in [6.45, 7) is 2.47. The monoisotopic (exact) mass is 366 g/mol. The number of nitrogens with one attached hydrogen (secondary N) is 1. The van der Waals surface area contributed by atoms with Gasteiger partial charge in [0.1, 0.15) is 5.75 Å². The molecular formula is C20H31ClN2O2. The fourth-order valence-corrected chi connectivity index (χ4v) is 4.13. The summed E-state index contributed by atoms with van der Waals surface area (Å²) in [5.41, 5.74) is 1.12. The van der Waals surface area contributed by atoms with Gasteiger partial charge in [-0.05, 0) is 18.9 Å². The van der Waals surface area contributed by atoms with Gasteiger partial charge < -0.3 is 15.0 Å². The number of ether oxygens (including phenoxy) is 1. The van der Waals surface area contributed by atoms with Crippen molar-refractivity contribution in [2.45, 2.75) is 51.0 Å². The van der Waals surface area contributed by atoms with Crippen LogP contribution in [-0.4, -0.2) is 37.6 Å². The maximum Gasteiger partial charge on any atom is 0.226 e. The van der Waals surface area contributed by atoms with Crippen LogP contribution in [0.1, 0.15) is 56.6 Å². The molecule has 2 fully saturated rings. The number of nitrogens with zero attached hydrogens (tertiary/aromatic N) is 1. The predicted octanol–water partition coefficient (Wildman–Crippen LogP) is 3.95. The Morgan fingerprint density at radius 2 is 1.80 bits per heavy atom. The molecule has 1 atom stereocenters. The molecule has 1 aliphatic carbocycles. The van der Waals surface area contributed by atoms with Crippen molar-refractivity contribution in [2.75, 3.05) is 26.7 Å². The Bertz CT molecular complexity index is 544. The molecule has 1 heterocycles. The number of carbonyl (C=O) groups is 1. The molecule has 0 radical (unpaired) electrons. The van der Waals surface area contributed by atoms with Crippen molar-refractivity contribution in [2.24, 2.45) is 5.92 Å². The highest BCUT2D eigenvalue weighted by atomic mass is 35.5. The lowest BCUT2D eigenvalue weighted by Crippen LogP contribution is -2.50. The minimum Gasteiger partial charge on any atom is -0.496 e. The molecule has 0 spiro atoms. The number of halogens is 1. The zero-order valence-corrected chi connectivity index (χ0v) is 16.0. The molecule has 1 saturated heterocycles. The number of rotatable bonds is 3. The lowest BCUT2D eigenvalue weighted by molar-refractivity contribution is -0.139. The van der Waals surface area contributed by atoms with Gasteiger partial charge in [-0.1, -0.05) is 50.3 Å². The largest absolute Gasteiger partial charge is 0.496 e. The van der Waals surface area contributed by atoms with Gasteiger partial charge in [0.25, 0.3) is 0 Å². The summed E-state index contributed by atoms with van der Waals surface area (Å²) in [7, 11) is 1.70. The second kappa shape index (κ2) is 10.0. The van der Waals surface area contributed by atoms with Crippen molar-refractivity contribution >= 4 is 18.3 Å². The van der Waals surface area contributed by atoms with Gasteiger partial charge in [-0.25, -0.2) is 0 Å². The standard InChI is InChI=1S/C20H30N2O2.ClH/c1-24-19-12-8-7-11-17(19)18-15-21-13-14-22(18)20(23)16-9-5-3-2-4-6-10-16;/h7-8,11-12,16,18,21H,2-6,9-10,13-15H2,1H3;1H. The van der Waals surface area contributed by atoms with Crippen LogP contribution in [0, 0.1) is 5.92 Å². The molecule has 1 aromatic carbocycles. The first-order valence-electron chi connectivity index (χ1n) is 9.45. The molecule has 3 rings (SSSR count). The zero-order chi connectivity index (χ0) is 16.8. The second-order valence-electron chi connectivity index (χ2n) is 7.04. The number of piperazine rings is 1. The van der Waals surface area contributed by atoms with Crippen LogP contribution in [0.3, 0.4) is 0 Å². The van der Waals surface area contributed by atoms with Gasteiger partial charge in [0.15, 0.2) is 0 Å². The fraction of sp³-hybridized carbons (Fsp3) is 0.650. The number of para-hydroxylation sites is 1. The quantitative estimate of drug-likeness (QED) is 0.880. The van der Waals surface area contributed by atoms with Crippen molar-refractivity contribution in [3.05, 3.63) is 29.8 Å². The van der Waals surface area contributed by atoms with E-state index >= 15 is 0 Å². The minimum absolute atomic E-state index is 0. The van der Waals surface area contributed by atoms with Gasteiger partial charge in [-0.3, -0.25) is 4.79 Å². The molecule has 25 heavy (non-hydrogen) atoms. The Hall–Kier alpha value is -1.26. The summed E-state index contributed by atoms with van der Waals surface area (Å²) in [4.78, 5) is 15.4. The third kappa shape index (κ3) is 4.89. The predicted molar refractivity (Wildman–Crippen MR) is 103 cm³/mol. The van der Waals surface area contributed by atoms with Crippen LogP contribution in [0.15, 0.2) is 24.3 Å². The normalized spacial score (nSPS) is 22.4. The molecular weight excluding hydrogens is 336 g/mol. The summed E-state index contributed by atoms with van der Waals surface area (Å²) < 4.78 is 5.54. The second-order valence-corrected chi connectivity index (χ2v) is 7.04. The van der Waals surface area contributed by atoms with Crippen LogP contribution in [0.2, 0.25) is 0 Å². The molecule has 140 valence electrons. The minimum atomic E-state index is 0. The number of hydrogen-bond acceptors (Lipinski definition) is 3.